The van der Waals surface area contributed by atoms with Crippen LogP contribution in [0.1, 0.15) is 52.9 Å². The third-order valence-electron chi connectivity index (χ3n) is 4.74. The molecule has 0 aromatic carbocycles. The van der Waals surface area contributed by atoms with E-state index in [0.717, 1.165) is 25.7 Å². The molecule has 98 valence electrons. The number of aliphatic hydroxyl groups is 1. The fourth-order valence-corrected chi connectivity index (χ4v) is 3.49. The highest BCUT2D eigenvalue weighted by atomic mass is 16.8. The molecule has 0 radical (unpaired) electrons. The Bertz CT molecular complexity index is 334. The molecular formula is C13H22O4. The molecule has 3 atom stereocenters. The van der Waals surface area contributed by atoms with Gasteiger partial charge in [-0.2, -0.15) is 0 Å². The summed E-state index contributed by atoms with van der Waals surface area (Å²) < 4.78 is 18.1. The lowest BCUT2D eigenvalue weighted by molar-refractivity contribution is -0.520. The van der Waals surface area contributed by atoms with Gasteiger partial charge in [0.05, 0.1) is 6.61 Å². The zero-order valence-corrected chi connectivity index (χ0v) is 10.9. The number of fused-ring (bicyclic) bond motifs is 2. The standard InChI is InChI=1S/C13H22O4/c1-10(2)12(14)8-7-11(3,16-10)13(17-12)6-4-5-9-15-13/h14H,4-9H2,1-3H3/t11-,12-,13+/m1/s1. The molecule has 0 aliphatic carbocycles. The SMILES string of the molecule is CC1(C)O[C@]2(C)CC[C@@]1(O)O[C@@]21CCCCO1. The molecule has 4 saturated heterocycles. The average Bonchev–Trinajstić information content (AvgIpc) is 2.24. The quantitative estimate of drug-likeness (QED) is 0.705. The van der Waals surface area contributed by atoms with Gasteiger partial charge in [0.25, 0.3) is 0 Å². The Kier molecular flexibility index (Phi) is 2.26. The first-order valence-electron chi connectivity index (χ1n) is 6.59. The van der Waals surface area contributed by atoms with E-state index < -0.39 is 22.8 Å². The summed E-state index contributed by atoms with van der Waals surface area (Å²) in [6, 6.07) is 0. The lowest BCUT2D eigenvalue weighted by Crippen LogP contribution is -2.78. The third-order valence-corrected chi connectivity index (χ3v) is 4.74. The molecule has 4 aliphatic heterocycles. The topological polar surface area (TPSA) is 47.9 Å². The molecule has 4 aliphatic rings. The van der Waals surface area contributed by atoms with Crippen molar-refractivity contribution in [3.05, 3.63) is 0 Å². The van der Waals surface area contributed by atoms with Crippen LogP contribution in [-0.4, -0.2) is 34.5 Å². The molecular weight excluding hydrogens is 220 g/mol. The monoisotopic (exact) mass is 242 g/mol. The van der Waals surface area contributed by atoms with Crippen LogP contribution >= 0.6 is 0 Å². The highest BCUT2D eigenvalue weighted by Crippen LogP contribution is 2.58. The Morgan fingerprint density at radius 3 is 2.29 bits per heavy atom. The lowest BCUT2D eigenvalue weighted by Gasteiger charge is -2.66. The number of ether oxygens (including phenoxy) is 3. The van der Waals surface area contributed by atoms with Gasteiger partial charge in [0.15, 0.2) is 5.79 Å². The minimum atomic E-state index is -1.22. The molecule has 4 nitrogen and oxygen atoms in total. The first-order valence-corrected chi connectivity index (χ1v) is 6.59. The van der Waals surface area contributed by atoms with Crippen molar-refractivity contribution in [3.8, 4) is 0 Å². The Labute approximate surface area is 102 Å². The zero-order chi connectivity index (χ0) is 12.4. The van der Waals surface area contributed by atoms with Gasteiger partial charge in [0.2, 0.25) is 5.79 Å². The Morgan fingerprint density at radius 1 is 0.941 bits per heavy atom. The van der Waals surface area contributed by atoms with Gasteiger partial charge >= 0.3 is 0 Å². The predicted octanol–water partition coefficient (Wildman–Crippen LogP) is 1.95. The minimum absolute atomic E-state index is 0.443. The molecule has 0 aromatic rings. The maximum Gasteiger partial charge on any atom is 0.200 e. The van der Waals surface area contributed by atoms with Crippen molar-refractivity contribution in [1.29, 1.82) is 0 Å². The van der Waals surface area contributed by atoms with Gasteiger partial charge in [-0.25, -0.2) is 0 Å². The zero-order valence-electron chi connectivity index (χ0n) is 10.9. The van der Waals surface area contributed by atoms with Crippen molar-refractivity contribution >= 4 is 0 Å². The summed E-state index contributed by atoms with van der Waals surface area (Å²) >= 11 is 0. The second kappa shape index (κ2) is 3.23. The second-order valence-corrected chi connectivity index (χ2v) is 6.29. The van der Waals surface area contributed by atoms with E-state index in [0.29, 0.717) is 13.0 Å². The highest BCUT2D eigenvalue weighted by Gasteiger charge is 2.70. The average molecular weight is 242 g/mol. The van der Waals surface area contributed by atoms with Gasteiger partial charge in [-0.1, -0.05) is 0 Å². The summed E-state index contributed by atoms with van der Waals surface area (Å²) in [4.78, 5) is 0. The van der Waals surface area contributed by atoms with E-state index in [1.54, 1.807) is 0 Å². The van der Waals surface area contributed by atoms with Crippen molar-refractivity contribution in [2.24, 2.45) is 0 Å². The van der Waals surface area contributed by atoms with Crippen LogP contribution in [0.25, 0.3) is 0 Å². The molecule has 4 fully saturated rings. The molecule has 4 heterocycles. The van der Waals surface area contributed by atoms with Crippen LogP contribution in [0, 0.1) is 0 Å². The third kappa shape index (κ3) is 1.38. The van der Waals surface area contributed by atoms with E-state index in [9.17, 15) is 5.11 Å². The smallest absolute Gasteiger partial charge is 0.200 e. The Balaban J connectivity index is 2.00. The summed E-state index contributed by atoms with van der Waals surface area (Å²) in [5.41, 5.74) is -1.12. The first-order chi connectivity index (χ1) is 7.83. The molecule has 0 aromatic heterocycles. The molecule has 0 amide bonds. The Hall–Kier alpha value is -0.160. The van der Waals surface area contributed by atoms with Gasteiger partial charge in [-0.05, 0) is 40.0 Å². The number of hydrogen-bond donors (Lipinski definition) is 1. The lowest BCUT2D eigenvalue weighted by atomic mass is 9.73. The van der Waals surface area contributed by atoms with Gasteiger partial charge in [0, 0.05) is 12.8 Å². The summed E-state index contributed by atoms with van der Waals surface area (Å²) in [6.45, 7) is 6.52. The number of rotatable bonds is 0. The van der Waals surface area contributed by atoms with Crippen molar-refractivity contribution in [1.82, 2.24) is 0 Å². The van der Waals surface area contributed by atoms with Crippen LogP contribution in [0.3, 0.4) is 0 Å². The first kappa shape index (κ1) is 11.9. The fraction of sp³-hybridized carbons (Fsp3) is 1.00. The van der Waals surface area contributed by atoms with E-state index in [-0.39, 0.29) is 0 Å². The summed E-state index contributed by atoms with van der Waals surface area (Å²) in [7, 11) is 0. The van der Waals surface area contributed by atoms with Crippen LogP contribution in [0.4, 0.5) is 0 Å². The molecule has 0 unspecified atom stereocenters. The second-order valence-electron chi connectivity index (χ2n) is 6.29. The van der Waals surface area contributed by atoms with Crippen LogP contribution in [0.15, 0.2) is 0 Å². The molecule has 2 bridgehead atoms. The van der Waals surface area contributed by atoms with Crippen LogP contribution in [0.2, 0.25) is 0 Å². The van der Waals surface area contributed by atoms with E-state index in [1.807, 2.05) is 13.8 Å². The van der Waals surface area contributed by atoms with Crippen LogP contribution in [0.5, 0.6) is 0 Å². The highest BCUT2D eigenvalue weighted by molar-refractivity contribution is 5.10. The summed E-state index contributed by atoms with van der Waals surface area (Å²) in [6.07, 6.45) is 4.33. The van der Waals surface area contributed by atoms with E-state index in [2.05, 4.69) is 6.92 Å². The number of hydrogen-bond acceptors (Lipinski definition) is 4. The molecule has 4 rings (SSSR count). The van der Waals surface area contributed by atoms with E-state index >= 15 is 0 Å². The summed E-state index contributed by atoms with van der Waals surface area (Å²) in [5.74, 6) is -1.96. The molecule has 4 heteroatoms. The van der Waals surface area contributed by atoms with E-state index in [1.165, 1.54) is 0 Å². The molecule has 1 spiro atoms. The van der Waals surface area contributed by atoms with Crippen LogP contribution < -0.4 is 0 Å². The van der Waals surface area contributed by atoms with E-state index in [4.69, 9.17) is 14.2 Å². The maximum absolute atomic E-state index is 10.7. The largest absolute Gasteiger partial charge is 0.363 e. The maximum atomic E-state index is 10.7. The van der Waals surface area contributed by atoms with Gasteiger partial charge in [-0.15, -0.1) is 0 Å². The van der Waals surface area contributed by atoms with Crippen molar-refractivity contribution < 1.29 is 19.3 Å². The molecule has 1 N–H and O–H groups in total. The van der Waals surface area contributed by atoms with Gasteiger partial charge < -0.3 is 19.3 Å². The minimum Gasteiger partial charge on any atom is -0.363 e. The predicted molar refractivity (Wildman–Crippen MR) is 61.4 cm³/mol. The Morgan fingerprint density at radius 2 is 1.71 bits per heavy atom. The van der Waals surface area contributed by atoms with Crippen molar-refractivity contribution in [2.45, 2.75) is 75.7 Å². The summed E-state index contributed by atoms with van der Waals surface area (Å²) in [5, 5.41) is 10.7. The van der Waals surface area contributed by atoms with Crippen molar-refractivity contribution in [2.75, 3.05) is 6.61 Å². The van der Waals surface area contributed by atoms with Gasteiger partial charge in [-0.3, -0.25) is 0 Å². The molecule has 17 heavy (non-hydrogen) atoms. The fourth-order valence-electron chi connectivity index (χ4n) is 3.49. The van der Waals surface area contributed by atoms with Crippen molar-refractivity contribution in [3.63, 3.8) is 0 Å². The normalized spacial score (nSPS) is 52.9. The molecule has 0 saturated carbocycles. The van der Waals surface area contributed by atoms with Crippen LogP contribution in [-0.2, 0) is 14.2 Å². The van der Waals surface area contributed by atoms with Gasteiger partial charge in [0.1, 0.15) is 11.2 Å².